The molecule has 0 bridgehead atoms. The first-order valence-electron chi connectivity index (χ1n) is 6.33. The van der Waals surface area contributed by atoms with Gasteiger partial charge in [-0.3, -0.25) is 0 Å². The highest BCUT2D eigenvalue weighted by Crippen LogP contribution is 2.03. The minimum Gasteiger partial charge on any atom is -0.480 e. The van der Waals surface area contributed by atoms with Crippen LogP contribution < -0.4 is 5.32 Å². The largest absolute Gasteiger partial charge is 0.480 e. The molecule has 0 aliphatic carbocycles. The number of rotatable bonds is 9. The van der Waals surface area contributed by atoms with E-state index in [1.807, 2.05) is 13.2 Å². The van der Waals surface area contributed by atoms with Gasteiger partial charge in [0.25, 0.3) is 0 Å². The van der Waals surface area contributed by atoms with E-state index in [9.17, 15) is 9.59 Å². The highest BCUT2D eigenvalue weighted by atomic mass is 32.2. The molecule has 2 amide bonds. The standard InChI is InChI=1S/C12H24N2O3S/c1-4-6-8-14(5-2)12(17)13-10(11(15)16)7-9-18-3/h10H,4-9H2,1-3H3,(H,13,17)(H,15,16)/t10-/m1/s1. The van der Waals surface area contributed by atoms with Gasteiger partial charge in [-0.25, -0.2) is 9.59 Å². The van der Waals surface area contributed by atoms with Crippen LogP contribution in [0.2, 0.25) is 0 Å². The third-order valence-electron chi connectivity index (χ3n) is 2.66. The summed E-state index contributed by atoms with van der Waals surface area (Å²) in [5.41, 5.74) is 0. The zero-order valence-corrected chi connectivity index (χ0v) is 12.3. The Labute approximate surface area is 113 Å². The quantitative estimate of drug-likeness (QED) is 0.676. The van der Waals surface area contributed by atoms with Crippen LogP contribution in [0, 0.1) is 0 Å². The normalized spacial score (nSPS) is 11.9. The van der Waals surface area contributed by atoms with Gasteiger partial charge in [0.05, 0.1) is 0 Å². The van der Waals surface area contributed by atoms with Gasteiger partial charge in [-0.05, 0) is 31.8 Å². The first-order valence-corrected chi connectivity index (χ1v) is 7.73. The van der Waals surface area contributed by atoms with Gasteiger partial charge in [-0.1, -0.05) is 13.3 Å². The van der Waals surface area contributed by atoms with Crippen molar-refractivity contribution in [1.82, 2.24) is 10.2 Å². The smallest absolute Gasteiger partial charge is 0.326 e. The van der Waals surface area contributed by atoms with Crippen LogP contribution >= 0.6 is 11.8 Å². The summed E-state index contributed by atoms with van der Waals surface area (Å²) >= 11 is 1.57. The van der Waals surface area contributed by atoms with Gasteiger partial charge in [-0.15, -0.1) is 0 Å². The molecule has 6 heteroatoms. The average Bonchev–Trinajstić information content (AvgIpc) is 2.34. The van der Waals surface area contributed by atoms with E-state index in [0.29, 0.717) is 19.5 Å². The first-order chi connectivity index (χ1) is 8.56. The van der Waals surface area contributed by atoms with Gasteiger partial charge in [0.2, 0.25) is 0 Å². The van der Waals surface area contributed by atoms with Crippen LogP contribution in [0.4, 0.5) is 4.79 Å². The number of nitrogens with one attached hydrogen (secondary N) is 1. The molecule has 0 heterocycles. The summed E-state index contributed by atoms with van der Waals surface area (Å²) in [5, 5.41) is 11.6. The number of aliphatic carboxylic acids is 1. The highest BCUT2D eigenvalue weighted by Gasteiger charge is 2.21. The van der Waals surface area contributed by atoms with Crippen molar-refractivity contribution in [2.75, 3.05) is 25.1 Å². The summed E-state index contributed by atoms with van der Waals surface area (Å²) in [4.78, 5) is 24.6. The van der Waals surface area contributed by atoms with Crippen molar-refractivity contribution < 1.29 is 14.7 Å². The summed E-state index contributed by atoms with van der Waals surface area (Å²) in [5.74, 6) is -0.248. The molecule has 18 heavy (non-hydrogen) atoms. The second kappa shape index (κ2) is 10.1. The number of carboxylic acid groups (broad SMARTS) is 1. The lowest BCUT2D eigenvalue weighted by Gasteiger charge is -2.23. The van der Waals surface area contributed by atoms with Crippen molar-refractivity contribution in [3.8, 4) is 0 Å². The molecular formula is C12H24N2O3S. The molecule has 0 unspecified atom stereocenters. The maximum atomic E-state index is 11.9. The highest BCUT2D eigenvalue weighted by molar-refractivity contribution is 7.98. The zero-order chi connectivity index (χ0) is 14.0. The number of carboxylic acids is 1. The fourth-order valence-electron chi connectivity index (χ4n) is 1.49. The Morgan fingerprint density at radius 2 is 2.06 bits per heavy atom. The number of carbonyl (C=O) groups excluding carboxylic acids is 1. The zero-order valence-electron chi connectivity index (χ0n) is 11.4. The minimum atomic E-state index is -0.969. The molecule has 0 spiro atoms. The number of hydrogen-bond acceptors (Lipinski definition) is 3. The van der Waals surface area contributed by atoms with E-state index in [1.165, 1.54) is 0 Å². The van der Waals surface area contributed by atoms with Gasteiger partial charge in [0, 0.05) is 13.1 Å². The van der Waals surface area contributed by atoms with E-state index in [0.717, 1.165) is 18.6 Å². The molecular weight excluding hydrogens is 252 g/mol. The van der Waals surface area contributed by atoms with Crippen molar-refractivity contribution in [1.29, 1.82) is 0 Å². The third-order valence-corrected chi connectivity index (χ3v) is 3.30. The molecule has 0 aromatic carbocycles. The van der Waals surface area contributed by atoms with Gasteiger partial charge in [-0.2, -0.15) is 11.8 Å². The fraction of sp³-hybridized carbons (Fsp3) is 0.833. The Balaban J connectivity index is 4.32. The number of thioether (sulfide) groups is 1. The van der Waals surface area contributed by atoms with Crippen LogP contribution in [0.15, 0.2) is 0 Å². The molecule has 0 fully saturated rings. The number of unbranched alkanes of at least 4 members (excludes halogenated alkanes) is 1. The molecule has 0 aromatic rings. The predicted molar refractivity (Wildman–Crippen MR) is 75.1 cm³/mol. The van der Waals surface area contributed by atoms with Crippen molar-refractivity contribution in [2.24, 2.45) is 0 Å². The summed E-state index contributed by atoms with van der Waals surface area (Å²) in [7, 11) is 0. The molecule has 5 nitrogen and oxygen atoms in total. The fourth-order valence-corrected chi connectivity index (χ4v) is 1.96. The number of urea groups is 1. The van der Waals surface area contributed by atoms with Crippen LogP contribution in [0.5, 0.6) is 0 Å². The Hall–Kier alpha value is -0.910. The van der Waals surface area contributed by atoms with E-state index < -0.39 is 12.0 Å². The Bertz CT molecular complexity index is 262. The number of hydrogen-bond donors (Lipinski definition) is 2. The molecule has 2 N–H and O–H groups in total. The number of amides is 2. The molecule has 0 rings (SSSR count). The molecule has 0 aliphatic rings. The van der Waals surface area contributed by atoms with Gasteiger partial charge < -0.3 is 15.3 Å². The van der Waals surface area contributed by atoms with Gasteiger partial charge >= 0.3 is 12.0 Å². The lowest BCUT2D eigenvalue weighted by molar-refractivity contribution is -0.139. The van der Waals surface area contributed by atoms with Gasteiger partial charge in [0.15, 0.2) is 0 Å². The number of carbonyl (C=O) groups is 2. The molecule has 0 aromatic heterocycles. The lowest BCUT2D eigenvalue weighted by atomic mass is 10.2. The number of nitrogens with zero attached hydrogens (tertiary/aromatic N) is 1. The van der Waals surface area contributed by atoms with Crippen LogP contribution in [-0.4, -0.2) is 53.1 Å². The Morgan fingerprint density at radius 1 is 1.39 bits per heavy atom. The van der Waals surface area contributed by atoms with Crippen molar-refractivity contribution >= 4 is 23.8 Å². The molecule has 0 saturated heterocycles. The lowest BCUT2D eigenvalue weighted by Crippen LogP contribution is -2.48. The van der Waals surface area contributed by atoms with Crippen LogP contribution in [0.3, 0.4) is 0 Å². The summed E-state index contributed by atoms with van der Waals surface area (Å²) in [6.45, 7) is 5.23. The topological polar surface area (TPSA) is 69.6 Å². The monoisotopic (exact) mass is 276 g/mol. The second-order valence-corrected chi connectivity index (χ2v) is 5.04. The summed E-state index contributed by atoms with van der Waals surface area (Å²) in [6, 6.07) is -1.07. The maximum absolute atomic E-state index is 11.9. The molecule has 0 radical (unpaired) electrons. The average molecular weight is 276 g/mol. The van der Waals surface area contributed by atoms with E-state index in [-0.39, 0.29) is 6.03 Å². The summed E-state index contributed by atoms with van der Waals surface area (Å²) in [6.07, 6.45) is 4.32. The molecule has 0 aliphatic heterocycles. The van der Waals surface area contributed by atoms with Crippen molar-refractivity contribution in [2.45, 2.75) is 39.2 Å². The maximum Gasteiger partial charge on any atom is 0.326 e. The van der Waals surface area contributed by atoms with Crippen LogP contribution in [0.25, 0.3) is 0 Å². The van der Waals surface area contributed by atoms with E-state index in [1.54, 1.807) is 16.7 Å². The minimum absolute atomic E-state index is 0.278. The third kappa shape index (κ3) is 6.74. The Morgan fingerprint density at radius 3 is 2.50 bits per heavy atom. The summed E-state index contributed by atoms with van der Waals surface area (Å²) < 4.78 is 0. The van der Waals surface area contributed by atoms with Crippen LogP contribution in [-0.2, 0) is 4.79 Å². The predicted octanol–water partition coefficient (Wildman–Crippen LogP) is 2.02. The SMILES string of the molecule is CCCCN(CC)C(=O)N[C@H](CCSC)C(=O)O. The Kier molecular flexibility index (Phi) is 9.55. The van der Waals surface area contributed by atoms with Crippen molar-refractivity contribution in [3.63, 3.8) is 0 Å². The van der Waals surface area contributed by atoms with Gasteiger partial charge in [0.1, 0.15) is 6.04 Å². The van der Waals surface area contributed by atoms with E-state index in [4.69, 9.17) is 5.11 Å². The molecule has 106 valence electrons. The van der Waals surface area contributed by atoms with E-state index >= 15 is 0 Å². The van der Waals surface area contributed by atoms with Crippen LogP contribution in [0.1, 0.15) is 33.1 Å². The second-order valence-electron chi connectivity index (χ2n) is 4.06. The molecule has 0 saturated carbocycles. The molecule has 1 atom stereocenters. The van der Waals surface area contributed by atoms with E-state index in [2.05, 4.69) is 12.2 Å². The first kappa shape index (κ1) is 17.1. The van der Waals surface area contributed by atoms with Crippen molar-refractivity contribution in [3.05, 3.63) is 0 Å².